The largest absolute Gasteiger partial charge is 0.497 e. The zero-order valence-corrected chi connectivity index (χ0v) is 28.6. The number of hydrogen-bond donors (Lipinski definition) is 0. The Morgan fingerprint density at radius 1 is 0.604 bits per heavy atom. The van der Waals surface area contributed by atoms with Gasteiger partial charge in [0.25, 0.3) is 0 Å². The number of ether oxygens (including phenoxy) is 5. The summed E-state index contributed by atoms with van der Waals surface area (Å²) in [5.41, 5.74) is -1.33. The van der Waals surface area contributed by atoms with Crippen LogP contribution in [0.2, 0.25) is 0 Å². The fourth-order valence-corrected chi connectivity index (χ4v) is 8.54. The van der Waals surface area contributed by atoms with Gasteiger partial charge in [-0.1, -0.05) is 42.5 Å². The minimum Gasteiger partial charge on any atom is -0.497 e. The van der Waals surface area contributed by atoms with Gasteiger partial charge in [-0.25, -0.2) is 9.59 Å². The molecule has 48 heavy (non-hydrogen) atoms. The summed E-state index contributed by atoms with van der Waals surface area (Å²) in [6.45, 7) is 7.22. The van der Waals surface area contributed by atoms with Gasteiger partial charge in [-0.05, 0) is 51.0 Å². The summed E-state index contributed by atoms with van der Waals surface area (Å²) in [4.78, 5) is 60.8. The maximum atomic E-state index is 14.9. The molecule has 0 N–H and O–H groups in total. The molecule has 1 aliphatic carbocycles. The van der Waals surface area contributed by atoms with Crippen LogP contribution in [0.15, 0.2) is 78.1 Å². The van der Waals surface area contributed by atoms with E-state index in [-0.39, 0.29) is 37.6 Å². The highest BCUT2D eigenvalue weighted by atomic mass is 16.5. The van der Waals surface area contributed by atoms with Gasteiger partial charge in [0.05, 0.1) is 56.8 Å². The Kier molecular flexibility index (Phi) is 9.89. The lowest BCUT2D eigenvalue weighted by atomic mass is 9.34. The van der Waals surface area contributed by atoms with E-state index in [1.54, 1.807) is 83.2 Å². The van der Waals surface area contributed by atoms with Crippen molar-refractivity contribution in [3.8, 4) is 5.75 Å². The van der Waals surface area contributed by atoms with Gasteiger partial charge >= 0.3 is 23.9 Å². The number of esters is 4. The molecule has 11 nitrogen and oxygen atoms in total. The lowest BCUT2D eigenvalue weighted by Crippen LogP contribution is -2.88. The highest BCUT2D eigenvalue weighted by Gasteiger charge is 2.87. The molecule has 11 heteroatoms. The Morgan fingerprint density at radius 2 is 1.00 bits per heavy atom. The van der Waals surface area contributed by atoms with Crippen molar-refractivity contribution in [3.05, 3.63) is 89.3 Å². The third kappa shape index (κ3) is 5.02. The van der Waals surface area contributed by atoms with Crippen LogP contribution in [-0.4, -0.2) is 93.4 Å². The number of rotatable bonds is 11. The van der Waals surface area contributed by atoms with Gasteiger partial charge in [-0.3, -0.25) is 9.59 Å². The van der Waals surface area contributed by atoms with Crippen LogP contribution >= 0.6 is 0 Å². The van der Waals surface area contributed by atoms with E-state index >= 15 is 0 Å². The molecule has 2 heterocycles. The summed E-state index contributed by atoms with van der Waals surface area (Å²) in [5, 5.41) is 0. The molecular formula is C37H44N2O9. The van der Waals surface area contributed by atoms with Gasteiger partial charge in [-0.2, -0.15) is 0 Å². The van der Waals surface area contributed by atoms with Crippen molar-refractivity contribution in [3.63, 3.8) is 0 Å². The fourth-order valence-electron chi connectivity index (χ4n) is 8.54. The van der Waals surface area contributed by atoms with Crippen molar-refractivity contribution in [2.75, 3.05) is 47.6 Å². The topological polar surface area (TPSA) is 121 Å². The quantitative estimate of drug-likeness (QED) is 0.255. The van der Waals surface area contributed by atoms with E-state index in [4.69, 9.17) is 23.7 Å². The van der Waals surface area contributed by atoms with Gasteiger partial charge in [0.15, 0.2) is 0 Å². The predicted octanol–water partition coefficient (Wildman–Crippen LogP) is 4.20. The maximum Gasteiger partial charge on any atom is 0.336 e. The Labute approximate surface area is 281 Å². The van der Waals surface area contributed by atoms with E-state index in [1.165, 1.54) is 0 Å². The molecular weight excluding hydrogens is 616 g/mol. The van der Waals surface area contributed by atoms with Crippen LogP contribution in [0.5, 0.6) is 5.75 Å². The number of fused-ring (bicyclic) bond motifs is 4. The normalized spacial score (nSPS) is 27.2. The molecule has 0 amide bonds. The van der Waals surface area contributed by atoms with E-state index in [0.717, 1.165) is 0 Å². The average Bonchev–Trinajstić information content (AvgIpc) is 3.06. The lowest BCUT2D eigenvalue weighted by Gasteiger charge is -2.74. The first kappa shape index (κ1) is 34.5. The van der Waals surface area contributed by atoms with Crippen LogP contribution in [0.3, 0.4) is 0 Å². The Morgan fingerprint density at radius 3 is 1.38 bits per heavy atom. The molecule has 2 aliphatic heterocycles. The van der Waals surface area contributed by atoms with Crippen molar-refractivity contribution < 1.29 is 42.9 Å². The first-order chi connectivity index (χ1) is 23.1. The maximum absolute atomic E-state index is 14.9. The standard InChI is InChI=1S/C37H44N2O9/c1-8-45-30(40)26-21-38(5)32-36(34(42)47-10-3,28(26)23-15-13-12-14-16-23)33-37(32,35(43)48-11-4)29(24-17-19-25(44-7)20-18-24)27(22-39(33)6)31(41)46-9-2/h12-22,28-29,32-33H,8-11H2,1-7H3/t28?,29?,32-,33+,36-,37+/m0/s1. The predicted molar refractivity (Wildman–Crippen MR) is 176 cm³/mol. The van der Waals surface area contributed by atoms with Crippen LogP contribution < -0.4 is 4.74 Å². The molecule has 0 radical (unpaired) electrons. The molecule has 3 aliphatic rings. The summed E-state index contributed by atoms with van der Waals surface area (Å²) in [5.74, 6) is -3.57. The van der Waals surface area contributed by atoms with Crippen molar-refractivity contribution in [2.45, 2.75) is 51.6 Å². The first-order valence-electron chi connectivity index (χ1n) is 16.4. The van der Waals surface area contributed by atoms with Crippen molar-refractivity contribution in [2.24, 2.45) is 10.8 Å². The molecule has 2 unspecified atom stereocenters. The minimum atomic E-state index is -1.57. The molecule has 2 aromatic carbocycles. The molecule has 0 aromatic heterocycles. The van der Waals surface area contributed by atoms with Crippen LogP contribution in [0, 0.1) is 10.8 Å². The molecule has 0 bridgehead atoms. The number of nitrogens with zero attached hydrogens (tertiary/aromatic N) is 2. The van der Waals surface area contributed by atoms with Gasteiger partial charge in [0.1, 0.15) is 16.6 Å². The third-order valence-corrected chi connectivity index (χ3v) is 9.75. The number of benzene rings is 2. The SMILES string of the molecule is CCOC(=O)C1=CN(C)[C@H]2[C@@](C(=O)OCC)(C1c1ccccc1)[C@H]1N(C)C=C(C(=O)OCC)C(c3ccc(OC)cc3)[C@]12C(=O)OCC. The zero-order chi connectivity index (χ0) is 34.8. The van der Waals surface area contributed by atoms with E-state index in [1.807, 2.05) is 42.5 Å². The molecule has 5 rings (SSSR count). The second-order valence-corrected chi connectivity index (χ2v) is 12.1. The lowest BCUT2D eigenvalue weighted by molar-refractivity contribution is -0.245. The van der Waals surface area contributed by atoms with E-state index in [0.29, 0.717) is 16.9 Å². The molecule has 6 atom stereocenters. The second kappa shape index (κ2) is 13.7. The number of carbonyl (C=O) groups excluding carboxylic acids is 4. The van der Waals surface area contributed by atoms with E-state index < -0.39 is 58.6 Å². The highest BCUT2D eigenvalue weighted by Crippen LogP contribution is 2.74. The van der Waals surface area contributed by atoms with Crippen molar-refractivity contribution >= 4 is 23.9 Å². The summed E-state index contributed by atoms with van der Waals surface area (Å²) in [6.07, 6.45) is 3.30. The number of hydrogen-bond acceptors (Lipinski definition) is 11. The average molecular weight is 661 g/mol. The zero-order valence-electron chi connectivity index (χ0n) is 28.6. The summed E-state index contributed by atoms with van der Waals surface area (Å²) in [7, 11) is 5.01. The van der Waals surface area contributed by atoms with E-state index in [2.05, 4.69) is 0 Å². The van der Waals surface area contributed by atoms with Crippen molar-refractivity contribution in [1.29, 1.82) is 0 Å². The van der Waals surface area contributed by atoms with Gasteiger partial charge in [0, 0.05) is 38.3 Å². The number of methoxy groups -OCH3 is 1. The highest BCUT2D eigenvalue weighted by molar-refractivity contribution is 6.01. The molecule has 1 fully saturated rings. The van der Waals surface area contributed by atoms with Crippen LogP contribution in [-0.2, 0) is 38.1 Å². The van der Waals surface area contributed by atoms with Crippen LogP contribution in [0.4, 0.5) is 0 Å². The monoisotopic (exact) mass is 660 g/mol. The van der Waals surface area contributed by atoms with Crippen LogP contribution in [0.25, 0.3) is 0 Å². The Balaban J connectivity index is 1.92. The van der Waals surface area contributed by atoms with E-state index in [9.17, 15) is 19.2 Å². The summed E-state index contributed by atoms with van der Waals surface area (Å²) >= 11 is 0. The van der Waals surface area contributed by atoms with Crippen LogP contribution in [0.1, 0.15) is 50.7 Å². The summed E-state index contributed by atoms with van der Waals surface area (Å²) < 4.78 is 28.4. The molecule has 256 valence electrons. The fraction of sp³-hybridized carbons (Fsp3) is 0.459. The minimum absolute atomic E-state index is 0.0552. The Bertz CT molecular complexity index is 1590. The van der Waals surface area contributed by atoms with Gasteiger partial charge in [-0.15, -0.1) is 0 Å². The molecule has 0 spiro atoms. The third-order valence-electron chi connectivity index (χ3n) is 9.75. The number of carbonyl (C=O) groups is 4. The molecule has 1 saturated carbocycles. The molecule has 2 aromatic rings. The van der Waals surface area contributed by atoms with Gasteiger partial charge < -0.3 is 33.5 Å². The Hall–Kier alpha value is -4.80. The molecule has 0 saturated heterocycles. The smallest absolute Gasteiger partial charge is 0.336 e. The van der Waals surface area contributed by atoms with Crippen molar-refractivity contribution in [1.82, 2.24) is 9.80 Å². The second-order valence-electron chi connectivity index (χ2n) is 12.1. The summed E-state index contributed by atoms with van der Waals surface area (Å²) in [6, 6.07) is 14.5. The first-order valence-corrected chi connectivity index (χ1v) is 16.4. The van der Waals surface area contributed by atoms with Gasteiger partial charge in [0.2, 0.25) is 0 Å².